The van der Waals surface area contributed by atoms with E-state index < -0.39 is 18.4 Å². The Morgan fingerprint density at radius 3 is 2.57 bits per heavy atom. The summed E-state index contributed by atoms with van der Waals surface area (Å²) in [6.45, 7) is -1.74. The van der Waals surface area contributed by atoms with E-state index in [0.29, 0.717) is 5.69 Å². The molecule has 0 spiro atoms. The molecule has 2 N–H and O–H groups in total. The highest BCUT2D eigenvalue weighted by Crippen LogP contribution is 2.20. The zero-order valence-electron chi connectivity index (χ0n) is 16.2. The van der Waals surface area contributed by atoms with Crippen molar-refractivity contribution in [2.24, 2.45) is 0 Å². The van der Waals surface area contributed by atoms with Gasteiger partial charge in [-0.15, -0.1) is 0 Å². The SMILES string of the molecule is Cc1cc(Br)ccc1NC(=O)CN(C)C(=O)CNC(=O)c1cccc(OC(F)F)c1. The molecule has 7 nitrogen and oxygen atoms in total. The number of carbonyl (C=O) groups excluding carboxylic acids is 3. The quantitative estimate of drug-likeness (QED) is 0.603. The molecule has 2 aromatic carbocycles. The number of aryl methyl sites for hydroxylation is 1. The number of nitrogens with zero attached hydrogens (tertiary/aromatic N) is 1. The van der Waals surface area contributed by atoms with Crippen molar-refractivity contribution < 1.29 is 27.9 Å². The first kappa shape index (κ1) is 23.3. The molecule has 0 saturated heterocycles. The van der Waals surface area contributed by atoms with E-state index in [0.717, 1.165) is 16.1 Å². The molecule has 0 aliphatic carbocycles. The van der Waals surface area contributed by atoms with Crippen LogP contribution in [0.5, 0.6) is 5.75 Å². The fourth-order valence-corrected chi connectivity index (χ4v) is 2.94. The van der Waals surface area contributed by atoms with Gasteiger partial charge in [-0.2, -0.15) is 8.78 Å². The van der Waals surface area contributed by atoms with Crippen LogP contribution >= 0.6 is 15.9 Å². The van der Waals surface area contributed by atoms with Crippen molar-refractivity contribution in [1.82, 2.24) is 10.2 Å². The molecule has 0 atom stereocenters. The number of carbonyl (C=O) groups is 3. The molecule has 30 heavy (non-hydrogen) atoms. The molecule has 0 radical (unpaired) electrons. The Labute approximate surface area is 180 Å². The number of rotatable bonds is 8. The molecule has 0 heterocycles. The van der Waals surface area contributed by atoms with Gasteiger partial charge in [0.2, 0.25) is 11.8 Å². The zero-order chi connectivity index (χ0) is 22.3. The smallest absolute Gasteiger partial charge is 0.387 e. The Kier molecular flexibility index (Phi) is 8.28. The average molecular weight is 484 g/mol. The summed E-state index contributed by atoms with van der Waals surface area (Å²) in [7, 11) is 1.43. The van der Waals surface area contributed by atoms with Crippen LogP contribution in [0, 0.1) is 6.92 Å². The Bertz CT molecular complexity index is 940. The van der Waals surface area contributed by atoms with Crippen LogP contribution in [0.25, 0.3) is 0 Å². The number of hydrogen-bond donors (Lipinski definition) is 2. The third kappa shape index (κ3) is 7.11. The minimum absolute atomic E-state index is 0.0621. The molecule has 10 heteroatoms. The van der Waals surface area contributed by atoms with Crippen LogP contribution in [0.3, 0.4) is 0 Å². The third-order valence-corrected chi connectivity index (χ3v) is 4.48. The van der Waals surface area contributed by atoms with Gasteiger partial charge in [-0.3, -0.25) is 14.4 Å². The van der Waals surface area contributed by atoms with E-state index in [1.165, 1.54) is 30.1 Å². The van der Waals surface area contributed by atoms with Gasteiger partial charge in [-0.25, -0.2) is 0 Å². The lowest BCUT2D eigenvalue weighted by Crippen LogP contribution is -2.41. The van der Waals surface area contributed by atoms with Crippen molar-refractivity contribution in [3.63, 3.8) is 0 Å². The highest BCUT2D eigenvalue weighted by Gasteiger charge is 2.16. The van der Waals surface area contributed by atoms with Crippen molar-refractivity contribution in [2.45, 2.75) is 13.5 Å². The molecule has 0 fully saturated rings. The minimum atomic E-state index is -3.01. The maximum absolute atomic E-state index is 12.3. The number of halogens is 3. The molecule has 160 valence electrons. The number of alkyl halides is 2. The number of amides is 3. The van der Waals surface area contributed by atoms with E-state index in [-0.39, 0.29) is 30.3 Å². The molecule has 0 aliphatic heterocycles. The van der Waals surface area contributed by atoms with Gasteiger partial charge in [0.1, 0.15) is 5.75 Å². The standard InChI is InChI=1S/C20H20BrF2N3O4/c1-12-8-14(21)6-7-16(12)25-17(27)11-26(2)18(28)10-24-19(29)13-4-3-5-15(9-13)30-20(22)23/h3-9,20H,10-11H2,1-2H3,(H,24,29)(H,25,27). The number of likely N-dealkylation sites (N-methyl/N-ethyl adjacent to an activating group) is 1. The van der Waals surface area contributed by atoms with E-state index in [2.05, 4.69) is 31.3 Å². The van der Waals surface area contributed by atoms with E-state index in [9.17, 15) is 23.2 Å². The predicted molar refractivity (Wildman–Crippen MR) is 111 cm³/mol. The van der Waals surface area contributed by atoms with Crippen molar-refractivity contribution in [2.75, 3.05) is 25.5 Å². The summed E-state index contributed by atoms with van der Waals surface area (Å²) in [6.07, 6.45) is 0. The van der Waals surface area contributed by atoms with Crippen molar-refractivity contribution >= 4 is 39.3 Å². The molecule has 0 aromatic heterocycles. The number of hydrogen-bond acceptors (Lipinski definition) is 4. The first-order valence-corrected chi connectivity index (χ1v) is 9.58. The van der Waals surface area contributed by atoms with Gasteiger partial charge in [0.15, 0.2) is 0 Å². The van der Waals surface area contributed by atoms with Crippen molar-refractivity contribution in [3.05, 3.63) is 58.1 Å². The van der Waals surface area contributed by atoms with Gasteiger partial charge in [0.25, 0.3) is 5.91 Å². The second-order valence-electron chi connectivity index (χ2n) is 6.35. The third-order valence-electron chi connectivity index (χ3n) is 3.99. The number of benzene rings is 2. The van der Waals surface area contributed by atoms with Gasteiger partial charge in [0.05, 0.1) is 13.1 Å². The predicted octanol–water partition coefficient (Wildman–Crippen LogP) is 3.19. The van der Waals surface area contributed by atoms with Crippen molar-refractivity contribution in [1.29, 1.82) is 0 Å². The Morgan fingerprint density at radius 2 is 1.90 bits per heavy atom. The van der Waals surface area contributed by atoms with Crippen LogP contribution in [0.1, 0.15) is 15.9 Å². The van der Waals surface area contributed by atoms with E-state index in [1.807, 2.05) is 13.0 Å². The lowest BCUT2D eigenvalue weighted by atomic mass is 10.2. The highest BCUT2D eigenvalue weighted by atomic mass is 79.9. The van der Waals surface area contributed by atoms with Crippen LogP contribution in [-0.4, -0.2) is 49.4 Å². The maximum Gasteiger partial charge on any atom is 0.387 e. The van der Waals surface area contributed by atoms with Crippen LogP contribution in [0.4, 0.5) is 14.5 Å². The monoisotopic (exact) mass is 483 g/mol. The molecule has 2 aromatic rings. The summed E-state index contributed by atoms with van der Waals surface area (Å²) in [6, 6.07) is 10.6. The van der Waals surface area contributed by atoms with Crippen LogP contribution in [0.2, 0.25) is 0 Å². The van der Waals surface area contributed by atoms with Crippen LogP contribution < -0.4 is 15.4 Å². The van der Waals surface area contributed by atoms with Gasteiger partial charge >= 0.3 is 6.61 Å². The first-order valence-electron chi connectivity index (χ1n) is 8.78. The molecule has 0 bridgehead atoms. The summed E-state index contributed by atoms with van der Waals surface area (Å²) < 4.78 is 29.7. The maximum atomic E-state index is 12.3. The molecule has 2 rings (SSSR count). The van der Waals surface area contributed by atoms with Gasteiger partial charge in [-0.05, 0) is 48.9 Å². The lowest BCUT2D eigenvalue weighted by molar-refractivity contribution is -0.132. The van der Waals surface area contributed by atoms with Gasteiger partial charge in [-0.1, -0.05) is 22.0 Å². The lowest BCUT2D eigenvalue weighted by Gasteiger charge is -2.18. The Balaban J connectivity index is 1.85. The normalized spacial score (nSPS) is 10.5. The zero-order valence-corrected chi connectivity index (χ0v) is 17.8. The molecule has 0 unspecified atom stereocenters. The number of anilines is 1. The summed E-state index contributed by atoms with van der Waals surface area (Å²) in [5, 5.41) is 5.11. The number of nitrogens with one attached hydrogen (secondary N) is 2. The average Bonchev–Trinajstić information content (AvgIpc) is 2.67. The fourth-order valence-electron chi connectivity index (χ4n) is 2.47. The second kappa shape index (κ2) is 10.7. The van der Waals surface area contributed by atoms with E-state index in [1.54, 1.807) is 12.1 Å². The van der Waals surface area contributed by atoms with Crippen LogP contribution in [-0.2, 0) is 9.59 Å². The summed E-state index contributed by atoms with van der Waals surface area (Å²) in [5.41, 5.74) is 1.55. The first-order chi connectivity index (χ1) is 14.2. The van der Waals surface area contributed by atoms with Crippen LogP contribution in [0.15, 0.2) is 46.9 Å². The Morgan fingerprint density at radius 1 is 1.17 bits per heavy atom. The fraction of sp³-hybridized carbons (Fsp3) is 0.250. The molecule has 3 amide bonds. The summed E-state index contributed by atoms with van der Waals surface area (Å²) >= 11 is 3.34. The molecular weight excluding hydrogens is 464 g/mol. The minimum Gasteiger partial charge on any atom is -0.435 e. The molecule has 0 saturated carbocycles. The second-order valence-corrected chi connectivity index (χ2v) is 7.26. The number of ether oxygens (including phenoxy) is 1. The topological polar surface area (TPSA) is 87.7 Å². The summed E-state index contributed by atoms with van der Waals surface area (Å²) in [4.78, 5) is 37.7. The molecular formula is C20H20BrF2N3O4. The summed E-state index contributed by atoms with van der Waals surface area (Å²) in [5.74, 6) is -1.68. The van der Waals surface area contributed by atoms with E-state index >= 15 is 0 Å². The Hall–Kier alpha value is -3.01. The van der Waals surface area contributed by atoms with E-state index in [4.69, 9.17) is 0 Å². The van der Waals surface area contributed by atoms with Gasteiger partial charge < -0.3 is 20.3 Å². The largest absolute Gasteiger partial charge is 0.435 e. The molecule has 0 aliphatic rings. The highest BCUT2D eigenvalue weighted by molar-refractivity contribution is 9.10. The van der Waals surface area contributed by atoms with Gasteiger partial charge in [0, 0.05) is 22.8 Å². The van der Waals surface area contributed by atoms with Crippen molar-refractivity contribution in [3.8, 4) is 5.75 Å².